The number of esters is 4. The first-order chi connectivity index (χ1) is 53.7. The van der Waals surface area contributed by atoms with Crippen LogP contribution in [0.25, 0.3) is 0 Å². The maximum Gasteiger partial charge on any atom is 0.472 e. The summed E-state index contributed by atoms with van der Waals surface area (Å²) >= 11 is 0. The molecule has 0 saturated carbocycles. The number of phosphoric ester groups is 2. The van der Waals surface area contributed by atoms with Crippen molar-refractivity contribution < 1.29 is 80.2 Å². The monoisotopic (exact) mass is 1580 g/mol. The Morgan fingerprint density at radius 1 is 0.264 bits per heavy atom. The number of rotatable bonds is 77. The number of carbonyl (C=O) groups excluding carboxylic acids is 4. The zero-order valence-corrected chi connectivity index (χ0v) is 70.1. The van der Waals surface area contributed by atoms with Crippen molar-refractivity contribution in [3.8, 4) is 0 Å². The van der Waals surface area contributed by atoms with Gasteiger partial charge in [0.15, 0.2) is 12.2 Å². The molecule has 3 N–H and O–H groups in total. The molecular weight excluding hydrogens is 1430 g/mol. The van der Waals surface area contributed by atoms with Gasteiger partial charge >= 0.3 is 39.5 Å². The van der Waals surface area contributed by atoms with E-state index in [-0.39, 0.29) is 25.7 Å². The van der Waals surface area contributed by atoms with Crippen molar-refractivity contribution >= 4 is 39.5 Å². The van der Waals surface area contributed by atoms with Gasteiger partial charge in [-0.15, -0.1) is 0 Å². The lowest BCUT2D eigenvalue weighted by Gasteiger charge is -2.21. The van der Waals surface area contributed by atoms with Gasteiger partial charge in [0.2, 0.25) is 0 Å². The van der Waals surface area contributed by atoms with Crippen LogP contribution in [-0.4, -0.2) is 96.7 Å². The van der Waals surface area contributed by atoms with E-state index >= 15 is 0 Å². The second kappa shape index (κ2) is 81.2. The third-order valence-electron chi connectivity index (χ3n) is 16.9. The van der Waals surface area contributed by atoms with Crippen LogP contribution in [-0.2, 0) is 65.4 Å². The maximum absolute atomic E-state index is 13.1. The third kappa shape index (κ3) is 80.2. The summed E-state index contributed by atoms with van der Waals surface area (Å²) in [7, 11) is -10.0. The zero-order chi connectivity index (χ0) is 80.3. The number of aliphatic hydroxyl groups excluding tert-OH is 1. The smallest absolute Gasteiger partial charge is 0.462 e. The minimum Gasteiger partial charge on any atom is -0.462 e. The predicted molar refractivity (Wildman–Crippen MR) is 454 cm³/mol. The Kier molecular flexibility index (Phi) is 76.9. The molecule has 0 rings (SSSR count). The topological polar surface area (TPSA) is 237 Å². The average Bonchev–Trinajstić information content (AvgIpc) is 0.900. The first-order valence-corrected chi connectivity index (χ1v) is 45.0. The van der Waals surface area contributed by atoms with Gasteiger partial charge in [0.1, 0.15) is 19.3 Å². The Morgan fingerprint density at radius 2 is 0.500 bits per heavy atom. The minimum atomic E-state index is -5.01. The summed E-state index contributed by atoms with van der Waals surface area (Å²) in [5.74, 6) is -2.36. The van der Waals surface area contributed by atoms with Crippen LogP contribution in [0.2, 0.25) is 0 Å². The Labute approximate surface area is 666 Å². The molecule has 110 heavy (non-hydrogen) atoms. The van der Waals surface area contributed by atoms with Crippen molar-refractivity contribution in [2.75, 3.05) is 39.6 Å². The highest BCUT2D eigenvalue weighted by Gasteiger charge is 2.30. The fraction of sp³-hybridized carbons (Fsp3) is 0.626. The van der Waals surface area contributed by atoms with Crippen LogP contribution in [0.4, 0.5) is 0 Å². The molecule has 0 aromatic carbocycles. The fourth-order valence-electron chi connectivity index (χ4n) is 10.6. The van der Waals surface area contributed by atoms with Gasteiger partial charge in [-0.25, -0.2) is 9.13 Å². The van der Waals surface area contributed by atoms with Crippen LogP contribution in [0.3, 0.4) is 0 Å². The van der Waals surface area contributed by atoms with Crippen molar-refractivity contribution in [2.45, 2.75) is 329 Å². The molecule has 0 aliphatic heterocycles. The van der Waals surface area contributed by atoms with Crippen LogP contribution in [0.15, 0.2) is 182 Å². The number of allylic oxidation sites excluding steroid dienone is 30. The summed E-state index contributed by atoms with van der Waals surface area (Å²) < 4.78 is 68.6. The molecule has 0 spiro atoms. The summed E-state index contributed by atoms with van der Waals surface area (Å²) in [6, 6.07) is 0. The van der Waals surface area contributed by atoms with E-state index in [9.17, 15) is 43.2 Å². The molecule has 0 heterocycles. The number of phosphoric acid groups is 2. The van der Waals surface area contributed by atoms with Gasteiger partial charge in [-0.2, -0.15) is 0 Å². The molecule has 0 saturated heterocycles. The normalized spacial score (nSPS) is 14.7. The highest BCUT2D eigenvalue weighted by atomic mass is 31.2. The van der Waals surface area contributed by atoms with Gasteiger partial charge in [0.25, 0.3) is 0 Å². The predicted octanol–water partition coefficient (Wildman–Crippen LogP) is 25.1. The van der Waals surface area contributed by atoms with Gasteiger partial charge in [-0.1, -0.05) is 326 Å². The zero-order valence-electron chi connectivity index (χ0n) is 68.4. The van der Waals surface area contributed by atoms with E-state index in [0.29, 0.717) is 38.5 Å². The number of aliphatic hydroxyl groups is 1. The minimum absolute atomic E-state index is 0.0253. The van der Waals surface area contributed by atoms with Gasteiger partial charge in [0.05, 0.1) is 26.4 Å². The van der Waals surface area contributed by atoms with Gasteiger partial charge in [-0.3, -0.25) is 37.3 Å². The van der Waals surface area contributed by atoms with Crippen LogP contribution in [0.1, 0.15) is 310 Å². The summed E-state index contributed by atoms with van der Waals surface area (Å²) in [5, 5.41) is 10.7. The fourth-order valence-corrected chi connectivity index (χ4v) is 12.2. The van der Waals surface area contributed by atoms with Crippen LogP contribution >= 0.6 is 15.6 Å². The summed E-state index contributed by atoms with van der Waals surface area (Å²) in [6.45, 7) is 4.38. The molecule has 0 aromatic rings. The Bertz CT molecular complexity index is 2800. The number of hydrogen-bond acceptors (Lipinski definition) is 15. The number of ether oxygens (including phenoxy) is 4. The van der Waals surface area contributed by atoms with E-state index in [0.717, 1.165) is 154 Å². The van der Waals surface area contributed by atoms with Crippen molar-refractivity contribution in [2.24, 2.45) is 0 Å². The van der Waals surface area contributed by atoms with E-state index in [1.807, 2.05) is 30.4 Å². The van der Waals surface area contributed by atoms with E-state index < -0.39 is 97.5 Å². The summed E-state index contributed by atoms with van der Waals surface area (Å²) in [6.07, 6.45) is 98.8. The maximum atomic E-state index is 13.1. The van der Waals surface area contributed by atoms with E-state index in [4.69, 9.17) is 37.0 Å². The number of carbonyl (C=O) groups is 4. The lowest BCUT2D eigenvalue weighted by molar-refractivity contribution is -0.161. The second-order valence-electron chi connectivity index (χ2n) is 27.3. The molecule has 5 unspecified atom stereocenters. The molecule has 0 aliphatic rings. The molecule has 0 aromatic heterocycles. The first-order valence-electron chi connectivity index (χ1n) is 42.0. The molecule has 0 radical (unpaired) electrons. The molecule has 0 aliphatic carbocycles. The third-order valence-corrected chi connectivity index (χ3v) is 18.8. The standard InChI is InChI=1S/C91H148O17P2/c1-5-9-13-17-21-25-29-33-37-40-42-45-49-52-56-60-64-68-72-76-89(94)102-82-87(108-91(96)78-74-70-66-62-58-54-50-46-43-41-38-34-30-26-22-18-14-10-6-2)84-106-110(99,100)104-80-85(92)79-103-109(97,98)105-83-86(107-90(95)77-73-69-65-61-57-53-47-36-32-28-24-20-16-12-8-4)81-101-88(93)75-71-67-63-59-55-51-48-44-39-35-31-27-23-19-15-11-7-3/h9-11,13-15,21-23,25-27,33-35,37-39,42-43,45-46,48,51-52,56,59,63-64,68,85-87,92H,5-8,12,16-20,24,28-32,36,40-41,44,47,49-50,53-55,57-58,60-62,65-67,69-84H2,1-4H3,(H,97,98)(H,99,100)/b13-9-,14-10-,15-11-,25-21-,26-22-,27-23-,37-33-,38-34-,39-35-,45-42-,46-43-,51-48-,56-52-,63-59-,68-64-. The molecule has 19 heteroatoms. The largest absolute Gasteiger partial charge is 0.472 e. The molecule has 624 valence electrons. The van der Waals surface area contributed by atoms with Gasteiger partial charge < -0.3 is 33.8 Å². The molecule has 5 atom stereocenters. The average molecular weight is 1580 g/mol. The Hall–Kier alpha value is -5.84. The highest BCUT2D eigenvalue weighted by Crippen LogP contribution is 2.45. The lowest BCUT2D eigenvalue weighted by atomic mass is 10.0. The summed E-state index contributed by atoms with van der Waals surface area (Å²) in [4.78, 5) is 73.2. The van der Waals surface area contributed by atoms with Crippen molar-refractivity contribution in [1.29, 1.82) is 0 Å². The number of hydrogen-bond donors (Lipinski definition) is 3. The molecule has 0 fully saturated rings. The quantitative estimate of drug-likeness (QED) is 0.0169. The van der Waals surface area contributed by atoms with Crippen molar-refractivity contribution in [3.63, 3.8) is 0 Å². The molecule has 0 amide bonds. The van der Waals surface area contributed by atoms with Gasteiger partial charge in [0, 0.05) is 25.7 Å². The summed E-state index contributed by atoms with van der Waals surface area (Å²) in [5.41, 5.74) is 0. The van der Waals surface area contributed by atoms with E-state index in [2.05, 4.69) is 180 Å². The molecule has 17 nitrogen and oxygen atoms in total. The van der Waals surface area contributed by atoms with Crippen LogP contribution in [0, 0.1) is 0 Å². The second-order valence-corrected chi connectivity index (χ2v) is 30.2. The van der Waals surface area contributed by atoms with Crippen molar-refractivity contribution in [3.05, 3.63) is 182 Å². The SMILES string of the molecule is CC/C=C\C/C=C\C/C=C\C/C=C\C/C=C\C/C=C\CCC(=O)OCC(COP(=O)(O)OCC(O)COP(=O)(O)OCC(COC(=O)CCC/C=C\C/C=C\C/C=C\C/C=C\C/C=C\CC)OC(=O)CCCCCCCCCCCCCCCCC)OC(=O)CCCCCCCC/C=C\C/C=C\C/C=C\C/C=C\CC. The van der Waals surface area contributed by atoms with E-state index in [1.54, 1.807) is 0 Å². The lowest BCUT2D eigenvalue weighted by Crippen LogP contribution is -2.30. The van der Waals surface area contributed by atoms with Gasteiger partial charge in [-0.05, 0) is 141 Å². The highest BCUT2D eigenvalue weighted by molar-refractivity contribution is 7.47. The van der Waals surface area contributed by atoms with Crippen LogP contribution < -0.4 is 0 Å². The Balaban J connectivity index is 5.51. The van der Waals surface area contributed by atoms with E-state index in [1.165, 1.54) is 64.2 Å². The Morgan fingerprint density at radius 3 is 0.809 bits per heavy atom. The number of unbranched alkanes of at least 4 members (excludes halogenated alkanes) is 21. The molecular formula is C91H148O17P2. The first kappa shape index (κ1) is 104. The van der Waals surface area contributed by atoms with Crippen molar-refractivity contribution in [1.82, 2.24) is 0 Å². The van der Waals surface area contributed by atoms with Crippen LogP contribution in [0.5, 0.6) is 0 Å². The molecule has 0 bridgehead atoms.